The summed E-state index contributed by atoms with van der Waals surface area (Å²) < 4.78 is 0. The van der Waals surface area contributed by atoms with E-state index in [9.17, 15) is 10.1 Å². The number of H-pyrrole nitrogens is 1. The zero-order valence-electron chi connectivity index (χ0n) is 5.87. The average molecular weight is 157 g/mol. The highest BCUT2D eigenvalue weighted by atomic mass is 16.6. The summed E-state index contributed by atoms with van der Waals surface area (Å²) in [5.41, 5.74) is 0.843. The number of imidazole rings is 1. The van der Waals surface area contributed by atoms with Crippen LogP contribution in [0.1, 0.15) is 11.4 Å². The number of aryl methyl sites for hydroxylation is 1. The second kappa shape index (κ2) is 2.67. The minimum atomic E-state index is -0.633. The number of aromatic nitrogens is 2. The van der Waals surface area contributed by atoms with Crippen molar-refractivity contribution in [2.75, 3.05) is 0 Å². The third-order valence-corrected chi connectivity index (χ3v) is 1.30. The molecule has 0 amide bonds. The van der Waals surface area contributed by atoms with E-state index in [0.29, 0.717) is 11.4 Å². The Bertz CT molecular complexity index is 281. The molecule has 11 heavy (non-hydrogen) atoms. The van der Waals surface area contributed by atoms with Gasteiger partial charge in [-0.3, -0.25) is 0 Å². The minimum Gasteiger partial charge on any atom is -0.390 e. The molecule has 0 aromatic carbocycles. The van der Waals surface area contributed by atoms with Gasteiger partial charge in [0.1, 0.15) is 12.3 Å². The predicted molar refractivity (Wildman–Crippen MR) is 35.9 cm³/mol. The number of aliphatic hydroxyl groups excluding tert-OH is 1. The van der Waals surface area contributed by atoms with Gasteiger partial charge in [-0.25, -0.2) is 4.98 Å². The smallest absolute Gasteiger partial charge is 0.390 e. The largest absolute Gasteiger partial charge is 0.432 e. The molecule has 0 radical (unpaired) electrons. The third-order valence-electron chi connectivity index (χ3n) is 1.30. The molecule has 60 valence electrons. The van der Waals surface area contributed by atoms with Gasteiger partial charge in [0.25, 0.3) is 0 Å². The van der Waals surface area contributed by atoms with Crippen molar-refractivity contribution in [2.24, 2.45) is 0 Å². The molecule has 0 aliphatic heterocycles. The van der Waals surface area contributed by atoms with E-state index in [1.165, 1.54) is 0 Å². The molecule has 6 nitrogen and oxygen atoms in total. The Morgan fingerprint density at radius 3 is 2.73 bits per heavy atom. The van der Waals surface area contributed by atoms with E-state index in [0.717, 1.165) is 0 Å². The molecule has 0 aliphatic carbocycles. The molecule has 0 spiro atoms. The number of nitrogens with zero attached hydrogens (tertiary/aromatic N) is 2. The van der Waals surface area contributed by atoms with Gasteiger partial charge in [-0.15, -0.1) is 0 Å². The zero-order chi connectivity index (χ0) is 8.43. The maximum Gasteiger partial charge on any atom is 0.432 e. The van der Waals surface area contributed by atoms with Crippen LogP contribution in [0.15, 0.2) is 0 Å². The summed E-state index contributed by atoms with van der Waals surface area (Å²) in [6.45, 7) is 1.34. The first kappa shape index (κ1) is 7.67. The molecule has 6 heteroatoms. The van der Waals surface area contributed by atoms with Gasteiger partial charge in [-0.1, -0.05) is 4.98 Å². The highest BCUT2D eigenvalue weighted by Crippen LogP contribution is 2.09. The normalized spacial score (nSPS) is 10.0. The van der Waals surface area contributed by atoms with E-state index in [4.69, 9.17) is 5.11 Å². The molecule has 0 atom stereocenters. The molecule has 0 aliphatic rings. The van der Waals surface area contributed by atoms with Crippen LogP contribution in [0.4, 0.5) is 5.95 Å². The lowest BCUT2D eigenvalue weighted by atomic mass is 10.4. The molecule has 1 aromatic heterocycles. The van der Waals surface area contributed by atoms with Crippen molar-refractivity contribution >= 4 is 5.95 Å². The summed E-state index contributed by atoms with van der Waals surface area (Å²) >= 11 is 0. The molecule has 2 N–H and O–H groups in total. The first-order valence-electron chi connectivity index (χ1n) is 2.96. The Morgan fingerprint density at radius 1 is 1.82 bits per heavy atom. The van der Waals surface area contributed by atoms with E-state index in [-0.39, 0.29) is 12.6 Å². The van der Waals surface area contributed by atoms with Crippen molar-refractivity contribution in [1.29, 1.82) is 0 Å². The predicted octanol–water partition coefficient (Wildman–Crippen LogP) is 0.119. The van der Waals surface area contributed by atoms with Crippen LogP contribution in [-0.4, -0.2) is 20.0 Å². The van der Waals surface area contributed by atoms with Crippen molar-refractivity contribution in [1.82, 2.24) is 9.97 Å². The second-order valence-electron chi connectivity index (χ2n) is 2.04. The molecule has 0 fully saturated rings. The number of aliphatic hydroxyl groups is 1. The van der Waals surface area contributed by atoms with Crippen molar-refractivity contribution in [3.8, 4) is 0 Å². The molecule has 1 heterocycles. The fourth-order valence-corrected chi connectivity index (χ4v) is 0.720. The topological polar surface area (TPSA) is 92.0 Å². The highest BCUT2D eigenvalue weighted by molar-refractivity contribution is 5.18. The fraction of sp³-hybridized carbons (Fsp3) is 0.400. The molecule has 0 saturated carbocycles. The summed E-state index contributed by atoms with van der Waals surface area (Å²) in [6.07, 6.45) is 0. The van der Waals surface area contributed by atoms with Crippen LogP contribution in [0.2, 0.25) is 0 Å². The molecular weight excluding hydrogens is 150 g/mol. The maximum absolute atomic E-state index is 10.1. The monoisotopic (exact) mass is 157 g/mol. The summed E-state index contributed by atoms with van der Waals surface area (Å²) in [6, 6.07) is 0. The van der Waals surface area contributed by atoms with Crippen LogP contribution in [0.5, 0.6) is 0 Å². The minimum absolute atomic E-state index is 0.257. The number of aromatic amines is 1. The van der Waals surface area contributed by atoms with Gasteiger partial charge in [0.2, 0.25) is 0 Å². The molecule has 1 aromatic rings. The maximum atomic E-state index is 10.1. The standard InChI is InChI=1S/C5H7N3O3/c1-3-4(2-9)7-5(6-3)8(10)11/h9H,2H2,1H3,(H,6,7). The average Bonchev–Trinajstić information content (AvgIpc) is 2.31. The van der Waals surface area contributed by atoms with Gasteiger partial charge < -0.3 is 15.2 Å². The fourth-order valence-electron chi connectivity index (χ4n) is 0.720. The van der Waals surface area contributed by atoms with E-state index < -0.39 is 4.92 Å². The lowest BCUT2D eigenvalue weighted by Crippen LogP contribution is -1.90. The van der Waals surface area contributed by atoms with Crippen molar-refractivity contribution in [3.63, 3.8) is 0 Å². The molecule has 0 unspecified atom stereocenters. The zero-order valence-corrected chi connectivity index (χ0v) is 5.87. The summed E-state index contributed by atoms with van der Waals surface area (Å²) in [5, 5.41) is 18.7. The van der Waals surface area contributed by atoms with Crippen LogP contribution in [0, 0.1) is 17.0 Å². The highest BCUT2D eigenvalue weighted by Gasteiger charge is 2.14. The number of hydrogen-bond acceptors (Lipinski definition) is 4. The SMILES string of the molecule is Cc1nc([N+](=O)[O-])[nH]c1CO. The summed E-state index contributed by atoms with van der Waals surface area (Å²) in [4.78, 5) is 15.4. The Balaban J connectivity index is 3.05. The lowest BCUT2D eigenvalue weighted by Gasteiger charge is -1.85. The number of nitrogens with one attached hydrogen (secondary N) is 1. The van der Waals surface area contributed by atoms with Crippen LogP contribution in [0.3, 0.4) is 0 Å². The van der Waals surface area contributed by atoms with Gasteiger partial charge in [0, 0.05) is 0 Å². The first-order chi connectivity index (χ1) is 5.15. The van der Waals surface area contributed by atoms with Gasteiger partial charge in [0.15, 0.2) is 5.69 Å². The van der Waals surface area contributed by atoms with Crippen LogP contribution >= 0.6 is 0 Å². The number of hydrogen-bond donors (Lipinski definition) is 2. The summed E-state index contributed by atoms with van der Waals surface area (Å²) in [7, 11) is 0. The molecular formula is C5H7N3O3. The van der Waals surface area contributed by atoms with Gasteiger partial charge in [0.05, 0.1) is 0 Å². The lowest BCUT2D eigenvalue weighted by molar-refractivity contribution is -0.393. The van der Waals surface area contributed by atoms with Gasteiger partial charge >= 0.3 is 5.95 Å². The van der Waals surface area contributed by atoms with Crippen LogP contribution in [-0.2, 0) is 6.61 Å². The van der Waals surface area contributed by atoms with Crippen LogP contribution < -0.4 is 0 Å². The Labute approximate surface area is 62.0 Å². The Morgan fingerprint density at radius 2 is 2.45 bits per heavy atom. The quantitative estimate of drug-likeness (QED) is 0.471. The van der Waals surface area contributed by atoms with Crippen molar-refractivity contribution in [3.05, 3.63) is 21.5 Å². The first-order valence-corrected chi connectivity index (χ1v) is 2.96. The molecule has 0 bridgehead atoms. The van der Waals surface area contributed by atoms with E-state index >= 15 is 0 Å². The number of nitro groups is 1. The van der Waals surface area contributed by atoms with Crippen molar-refractivity contribution < 1.29 is 10.0 Å². The van der Waals surface area contributed by atoms with E-state index in [1.807, 2.05) is 0 Å². The third kappa shape index (κ3) is 1.35. The Hall–Kier alpha value is -1.43. The van der Waals surface area contributed by atoms with Gasteiger partial charge in [-0.05, 0) is 11.8 Å². The van der Waals surface area contributed by atoms with E-state index in [2.05, 4.69) is 9.97 Å². The summed E-state index contributed by atoms with van der Waals surface area (Å²) in [5.74, 6) is -0.327. The molecule has 1 rings (SSSR count). The second-order valence-corrected chi connectivity index (χ2v) is 2.04. The van der Waals surface area contributed by atoms with Crippen LogP contribution in [0.25, 0.3) is 0 Å². The Kier molecular flexibility index (Phi) is 1.86. The van der Waals surface area contributed by atoms with Gasteiger partial charge in [-0.2, -0.15) is 0 Å². The molecule has 0 saturated heterocycles. The number of rotatable bonds is 2. The van der Waals surface area contributed by atoms with Crippen molar-refractivity contribution in [2.45, 2.75) is 13.5 Å². The van der Waals surface area contributed by atoms with E-state index in [1.54, 1.807) is 6.92 Å².